The van der Waals surface area contributed by atoms with Gasteiger partial charge >= 0.3 is 0 Å². The average Bonchev–Trinajstić information content (AvgIpc) is 3.27. The molecular weight excluding hydrogens is 366 g/mol. The molecule has 0 bridgehead atoms. The van der Waals surface area contributed by atoms with Crippen molar-refractivity contribution in [3.05, 3.63) is 84.2 Å². The number of thiocarbonyl (C=S) groups is 1. The lowest BCUT2D eigenvalue weighted by molar-refractivity contribution is 0.277. The monoisotopic (exact) mass is 391 g/mol. The fourth-order valence-electron chi connectivity index (χ4n) is 3.82. The number of pyridine rings is 2. The van der Waals surface area contributed by atoms with E-state index in [9.17, 15) is 0 Å². The fourth-order valence-corrected chi connectivity index (χ4v) is 4.14. The maximum absolute atomic E-state index is 5.73. The molecule has 28 heavy (non-hydrogen) atoms. The van der Waals surface area contributed by atoms with Gasteiger partial charge in [0.15, 0.2) is 5.11 Å². The zero-order valence-electron chi connectivity index (χ0n) is 16.2. The minimum absolute atomic E-state index is 0.0184. The molecule has 5 nitrogen and oxygen atoms in total. The quantitative estimate of drug-likeness (QED) is 0.645. The smallest absolute Gasteiger partial charge is 0.170 e. The molecular formula is C22H25N5S. The van der Waals surface area contributed by atoms with Gasteiger partial charge in [0.1, 0.15) is 0 Å². The van der Waals surface area contributed by atoms with Crippen LogP contribution in [0.15, 0.2) is 67.1 Å². The Bertz CT molecular complexity index is 922. The molecule has 0 aromatic carbocycles. The molecule has 0 aliphatic carbocycles. The van der Waals surface area contributed by atoms with Crippen molar-refractivity contribution in [2.45, 2.75) is 32.5 Å². The molecule has 1 aliphatic rings. The highest BCUT2D eigenvalue weighted by Gasteiger charge is 2.41. The molecule has 2 atom stereocenters. The molecule has 144 valence electrons. The third-order valence-electron chi connectivity index (χ3n) is 4.99. The summed E-state index contributed by atoms with van der Waals surface area (Å²) in [4.78, 5) is 11.4. The van der Waals surface area contributed by atoms with E-state index < -0.39 is 0 Å². The van der Waals surface area contributed by atoms with Crippen molar-refractivity contribution in [1.82, 2.24) is 24.8 Å². The number of nitrogens with zero attached hydrogens (tertiary/aromatic N) is 4. The summed E-state index contributed by atoms with van der Waals surface area (Å²) in [5.41, 5.74) is 3.26. The first-order valence-electron chi connectivity index (χ1n) is 9.66. The Hall–Kier alpha value is -2.73. The van der Waals surface area contributed by atoms with Crippen LogP contribution in [0.1, 0.15) is 43.0 Å². The summed E-state index contributed by atoms with van der Waals surface area (Å²) in [6.45, 7) is 6.08. The van der Waals surface area contributed by atoms with Crippen LogP contribution < -0.4 is 5.32 Å². The predicted octanol–water partition coefficient (Wildman–Crippen LogP) is 3.95. The summed E-state index contributed by atoms with van der Waals surface area (Å²) in [5.74, 6) is 0.504. The van der Waals surface area contributed by atoms with Crippen molar-refractivity contribution >= 4 is 17.3 Å². The topological polar surface area (TPSA) is 46.0 Å². The summed E-state index contributed by atoms with van der Waals surface area (Å²) in [7, 11) is 0. The molecule has 1 fully saturated rings. The number of hydrogen-bond donors (Lipinski definition) is 1. The Labute approximate surface area is 171 Å². The van der Waals surface area contributed by atoms with E-state index in [1.54, 1.807) is 0 Å². The summed E-state index contributed by atoms with van der Waals surface area (Å²) in [5, 5.41) is 4.31. The van der Waals surface area contributed by atoms with Gasteiger partial charge in [0.05, 0.1) is 30.0 Å². The van der Waals surface area contributed by atoms with E-state index in [4.69, 9.17) is 12.2 Å². The first-order valence-corrected chi connectivity index (χ1v) is 10.1. The van der Waals surface area contributed by atoms with Gasteiger partial charge in [-0.05, 0) is 54.5 Å². The maximum atomic E-state index is 5.73. The van der Waals surface area contributed by atoms with Crippen molar-refractivity contribution < 1.29 is 0 Å². The Balaban J connectivity index is 1.73. The second kappa shape index (κ2) is 8.10. The van der Waals surface area contributed by atoms with Gasteiger partial charge in [0.2, 0.25) is 0 Å². The normalized spacial score (nSPS) is 19.2. The largest absolute Gasteiger partial charge is 0.352 e. The summed E-state index contributed by atoms with van der Waals surface area (Å²) < 4.78 is 2.27. The van der Waals surface area contributed by atoms with Crippen molar-refractivity contribution in [3.8, 4) is 0 Å². The molecule has 0 radical (unpaired) electrons. The Morgan fingerprint density at radius 2 is 1.82 bits per heavy atom. The third kappa shape index (κ3) is 3.78. The van der Waals surface area contributed by atoms with Crippen molar-refractivity contribution in [1.29, 1.82) is 0 Å². The van der Waals surface area contributed by atoms with Gasteiger partial charge in [0, 0.05) is 30.8 Å². The van der Waals surface area contributed by atoms with E-state index in [2.05, 4.69) is 69.1 Å². The van der Waals surface area contributed by atoms with E-state index in [1.807, 2.05) is 36.7 Å². The van der Waals surface area contributed by atoms with Crippen LogP contribution in [0, 0.1) is 5.92 Å². The van der Waals surface area contributed by atoms with Crippen LogP contribution in [0.5, 0.6) is 0 Å². The molecule has 0 unspecified atom stereocenters. The van der Waals surface area contributed by atoms with Crippen molar-refractivity contribution in [3.63, 3.8) is 0 Å². The molecule has 0 saturated carbocycles. The second-order valence-corrected chi connectivity index (χ2v) is 7.94. The zero-order valence-corrected chi connectivity index (χ0v) is 17.0. The minimum atomic E-state index is 0.0184. The first-order chi connectivity index (χ1) is 13.6. The van der Waals surface area contributed by atoms with Gasteiger partial charge in [-0.1, -0.05) is 26.0 Å². The summed E-state index contributed by atoms with van der Waals surface area (Å²) in [6.07, 6.45) is 5.80. The Kier molecular flexibility index (Phi) is 5.39. The van der Waals surface area contributed by atoms with E-state index in [0.29, 0.717) is 5.92 Å². The maximum Gasteiger partial charge on any atom is 0.170 e. The number of nitrogens with one attached hydrogen (secondary N) is 1. The van der Waals surface area contributed by atoms with Crippen LogP contribution in [0.4, 0.5) is 0 Å². The van der Waals surface area contributed by atoms with Crippen LogP contribution >= 0.6 is 12.2 Å². The van der Waals surface area contributed by atoms with E-state index in [-0.39, 0.29) is 12.1 Å². The Morgan fingerprint density at radius 3 is 2.50 bits per heavy atom. The SMILES string of the molecule is CC(C)CN1C(=S)N[C@@H](c2ccccn2)[C@H]1c1cccn1Cc1ccccn1. The van der Waals surface area contributed by atoms with Gasteiger partial charge < -0.3 is 14.8 Å². The average molecular weight is 392 g/mol. The highest BCUT2D eigenvalue weighted by atomic mass is 32.1. The minimum Gasteiger partial charge on any atom is -0.352 e. The van der Waals surface area contributed by atoms with Crippen LogP contribution in [0.3, 0.4) is 0 Å². The number of hydrogen-bond acceptors (Lipinski definition) is 3. The van der Waals surface area contributed by atoms with Gasteiger partial charge in [-0.3, -0.25) is 9.97 Å². The van der Waals surface area contributed by atoms with Crippen molar-refractivity contribution in [2.24, 2.45) is 5.92 Å². The van der Waals surface area contributed by atoms with Gasteiger partial charge in [-0.15, -0.1) is 0 Å². The number of aromatic nitrogens is 3. The van der Waals surface area contributed by atoms with Crippen LogP contribution in [-0.2, 0) is 6.54 Å². The summed E-state index contributed by atoms with van der Waals surface area (Å²) >= 11 is 5.73. The molecule has 3 aromatic rings. The molecule has 1 N–H and O–H groups in total. The lowest BCUT2D eigenvalue weighted by Gasteiger charge is -2.30. The molecule has 4 rings (SSSR count). The third-order valence-corrected chi connectivity index (χ3v) is 5.34. The lowest BCUT2D eigenvalue weighted by Crippen LogP contribution is -2.33. The molecule has 3 aromatic heterocycles. The van der Waals surface area contributed by atoms with Gasteiger partial charge in [-0.2, -0.15) is 0 Å². The van der Waals surface area contributed by atoms with Crippen LogP contribution in [0.25, 0.3) is 0 Å². The van der Waals surface area contributed by atoms with E-state index >= 15 is 0 Å². The van der Waals surface area contributed by atoms with E-state index in [0.717, 1.165) is 29.6 Å². The first kappa shape index (κ1) is 18.6. The standard InChI is InChI=1S/C22H25N5S/c1-16(2)14-27-21(20(25-22(27)28)18-9-4-6-12-24-18)19-10-7-13-26(19)15-17-8-3-5-11-23-17/h3-13,16,20-21H,14-15H2,1-2H3,(H,25,28)/t20-,21+/m0/s1. The second-order valence-electron chi connectivity index (χ2n) is 7.55. The predicted molar refractivity (Wildman–Crippen MR) is 115 cm³/mol. The molecule has 0 spiro atoms. The van der Waals surface area contributed by atoms with E-state index in [1.165, 1.54) is 5.69 Å². The molecule has 6 heteroatoms. The molecule has 1 aliphatic heterocycles. The van der Waals surface area contributed by atoms with Gasteiger partial charge in [-0.25, -0.2) is 0 Å². The van der Waals surface area contributed by atoms with Crippen LogP contribution in [-0.4, -0.2) is 31.1 Å². The highest BCUT2D eigenvalue weighted by molar-refractivity contribution is 7.80. The Morgan fingerprint density at radius 1 is 1.04 bits per heavy atom. The van der Waals surface area contributed by atoms with Gasteiger partial charge in [0.25, 0.3) is 0 Å². The molecule has 1 saturated heterocycles. The molecule has 0 amide bonds. The lowest BCUT2D eigenvalue weighted by atomic mass is 10.0. The number of rotatable bonds is 6. The van der Waals surface area contributed by atoms with Crippen LogP contribution in [0.2, 0.25) is 0 Å². The highest BCUT2D eigenvalue weighted by Crippen LogP contribution is 2.39. The summed E-state index contributed by atoms with van der Waals surface area (Å²) in [6, 6.07) is 16.5. The molecule has 4 heterocycles. The van der Waals surface area contributed by atoms with Crippen molar-refractivity contribution in [2.75, 3.05) is 6.54 Å². The zero-order chi connectivity index (χ0) is 19.5. The fraction of sp³-hybridized carbons (Fsp3) is 0.318.